The smallest absolute Gasteiger partial charge is 0.320 e. The quantitative estimate of drug-likeness (QED) is 0.802. The molecule has 2 saturated heterocycles. The second-order valence-corrected chi connectivity index (χ2v) is 5.37. The lowest BCUT2D eigenvalue weighted by molar-refractivity contribution is 0.0443. The van der Waals surface area contributed by atoms with Crippen LogP contribution < -0.4 is 4.74 Å². The third-order valence-electron chi connectivity index (χ3n) is 3.76. The van der Waals surface area contributed by atoms with E-state index in [1.54, 1.807) is 0 Å². The monoisotopic (exact) mass is 292 g/mol. The van der Waals surface area contributed by atoms with E-state index in [1.807, 2.05) is 28.9 Å². The van der Waals surface area contributed by atoms with Crippen LogP contribution in [0.4, 0.5) is 4.79 Å². The van der Waals surface area contributed by atoms with Crippen molar-refractivity contribution in [3.63, 3.8) is 0 Å². The molecule has 0 bridgehead atoms. The van der Waals surface area contributed by atoms with Crippen LogP contribution in [-0.4, -0.2) is 71.5 Å². The Kier molecular flexibility index (Phi) is 4.19. The van der Waals surface area contributed by atoms with Crippen LogP contribution in [0.2, 0.25) is 0 Å². The molecule has 21 heavy (non-hydrogen) atoms. The lowest BCUT2D eigenvalue weighted by Crippen LogP contribution is -2.47. The molecule has 2 amide bonds. The summed E-state index contributed by atoms with van der Waals surface area (Å²) in [4.78, 5) is 16.0. The van der Waals surface area contributed by atoms with E-state index in [1.165, 1.54) is 0 Å². The Balaban J connectivity index is 1.52. The molecule has 0 N–H and O–H groups in total. The number of amides is 2. The minimum absolute atomic E-state index is 0.00741. The summed E-state index contributed by atoms with van der Waals surface area (Å²) in [6.45, 7) is 5.80. The summed E-state index contributed by atoms with van der Waals surface area (Å²) in [6.07, 6.45) is 0.818. The highest BCUT2D eigenvalue weighted by molar-refractivity contribution is 5.74. The Morgan fingerprint density at radius 3 is 2.76 bits per heavy atom. The fourth-order valence-electron chi connectivity index (χ4n) is 2.57. The fraction of sp³-hybridized carbons (Fsp3) is 0.643. The van der Waals surface area contributed by atoms with Crippen LogP contribution in [0.15, 0.2) is 12.1 Å². The molecule has 3 heterocycles. The minimum Gasteiger partial charge on any atom is -0.471 e. The van der Waals surface area contributed by atoms with Gasteiger partial charge in [0.15, 0.2) is 0 Å². The number of nitrogens with zero attached hydrogens (tertiary/aromatic N) is 4. The van der Waals surface area contributed by atoms with Gasteiger partial charge in [-0.05, 0) is 13.0 Å². The summed E-state index contributed by atoms with van der Waals surface area (Å²) in [5.41, 5.74) is 0.859. The van der Waals surface area contributed by atoms with Crippen LogP contribution in [0.1, 0.15) is 12.1 Å². The molecule has 114 valence electrons. The Hall–Kier alpha value is -1.89. The molecule has 1 unspecified atom stereocenters. The van der Waals surface area contributed by atoms with Crippen molar-refractivity contribution in [1.29, 1.82) is 0 Å². The van der Waals surface area contributed by atoms with E-state index in [9.17, 15) is 4.79 Å². The van der Waals surface area contributed by atoms with Gasteiger partial charge in [0.2, 0.25) is 5.88 Å². The lowest BCUT2D eigenvalue weighted by Gasteiger charge is -2.30. The molecule has 2 aliphatic heterocycles. The molecule has 0 spiro atoms. The third kappa shape index (κ3) is 3.41. The summed E-state index contributed by atoms with van der Waals surface area (Å²) < 4.78 is 11.1. The molecule has 0 aliphatic carbocycles. The largest absolute Gasteiger partial charge is 0.471 e. The van der Waals surface area contributed by atoms with Crippen LogP contribution in [0.3, 0.4) is 0 Å². The Labute approximate surface area is 123 Å². The first kappa shape index (κ1) is 14.1. The average Bonchev–Trinajstić information content (AvgIpc) is 2.98. The predicted molar refractivity (Wildman–Crippen MR) is 75.2 cm³/mol. The molecule has 7 heteroatoms. The second kappa shape index (κ2) is 6.26. The zero-order chi connectivity index (χ0) is 14.7. The van der Waals surface area contributed by atoms with Crippen LogP contribution in [0.25, 0.3) is 0 Å². The summed E-state index contributed by atoms with van der Waals surface area (Å²) in [5.74, 6) is 0.520. The topological polar surface area (TPSA) is 67.8 Å². The maximum Gasteiger partial charge on any atom is 0.320 e. The predicted octanol–water partition coefficient (Wildman–Crippen LogP) is 0.690. The van der Waals surface area contributed by atoms with Gasteiger partial charge in [0.1, 0.15) is 6.10 Å². The molecule has 2 aliphatic rings. The van der Waals surface area contributed by atoms with Crippen LogP contribution in [0, 0.1) is 6.92 Å². The van der Waals surface area contributed by atoms with Gasteiger partial charge in [-0.1, -0.05) is 0 Å². The highest BCUT2D eigenvalue weighted by Gasteiger charge is 2.31. The highest BCUT2D eigenvalue weighted by atomic mass is 16.5. The van der Waals surface area contributed by atoms with E-state index >= 15 is 0 Å². The minimum atomic E-state index is -0.00741. The number of morpholine rings is 1. The SMILES string of the molecule is Cc1ccc(OC2CCN(C(=O)N3CCOCC3)C2)nn1. The highest BCUT2D eigenvalue weighted by Crippen LogP contribution is 2.17. The van der Waals surface area contributed by atoms with Gasteiger partial charge in [0.05, 0.1) is 25.5 Å². The van der Waals surface area contributed by atoms with E-state index in [-0.39, 0.29) is 12.1 Å². The van der Waals surface area contributed by atoms with Crippen molar-refractivity contribution in [3.8, 4) is 5.88 Å². The van der Waals surface area contributed by atoms with E-state index < -0.39 is 0 Å². The van der Waals surface area contributed by atoms with Crippen molar-refractivity contribution in [2.75, 3.05) is 39.4 Å². The van der Waals surface area contributed by atoms with E-state index in [0.717, 1.165) is 18.7 Å². The first-order valence-electron chi connectivity index (χ1n) is 7.31. The van der Waals surface area contributed by atoms with Gasteiger partial charge in [-0.3, -0.25) is 0 Å². The van der Waals surface area contributed by atoms with Crippen molar-refractivity contribution < 1.29 is 14.3 Å². The maximum absolute atomic E-state index is 12.4. The number of carbonyl (C=O) groups excluding carboxylic acids is 1. The fourth-order valence-corrected chi connectivity index (χ4v) is 2.57. The number of rotatable bonds is 2. The molecule has 1 aromatic rings. The number of hydrogen-bond donors (Lipinski definition) is 0. The number of aryl methyl sites for hydroxylation is 1. The van der Waals surface area contributed by atoms with Crippen molar-refractivity contribution >= 4 is 6.03 Å². The van der Waals surface area contributed by atoms with Crippen LogP contribution in [0.5, 0.6) is 5.88 Å². The Morgan fingerprint density at radius 1 is 1.24 bits per heavy atom. The van der Waals surface area contributed by atoms with E-state index in [2.05, 4.69) is 10.2 Å². The van der Waals surface area contributed by atoms with Gasteiger partial charge < -0.3 is 19.3 Å². The number of aromatic nitrogens is 2. The molecule has 0 radical (unpaired) electrons. The zero-order valence-corrected chi connectivity index (χ0v) is 12.2. The molecule has 0 saturated carbocycles. The van der Waals surface area contributed by atoms with Gasteiger partial charge >= 0.3 is 6.03 Å². The molecule has 3 rings (SSSR count). The first-order valence-corrected chi connectivity index (χ1v) is 7.31. The van der Waals surface area contributed by atoms with Gasteiger partial charge in [0.25, 0.3) is 0 Å². The summed E-state index contributed by atoms with van der Waals surface area (Å²) in [6, 6.07) is 3.77. The second-order valence-electron chi connectivity index (χ2n) is 5.37. The van der Waals surface area contributed by atoms with Crippen molar-refractivity contribution in [1.82, 2.24) is 20.0 Å². The molecule has 7 nitrogen and oxygen atoms in total. The zero-order valence-electron chi connectivity index (χ0n) is 12.2. The summed E-state index contributed by atoms with van der Waals surface area (Å²) in [7, 11) is 0. The van der Waals surface area contributed by atoms with Crippen molar-refractivity contribution in [2.45, 2.75) is 19.4 Å². The Bertz CT molecular complexity index is 487. The van der Waals surface area contributed by atoms with E-state index in [0.29, 0.717) is 38.7 Å². The third-order valence-corrected chi connectivity index (χ3v) is 3.76. The van der Waals surface area contributed by atoms with Crippen LogP contribution >= 0.6 is 0 Å². The number of carbonyl (C=O) groups is 1. The molecule has 0 aromatic carbocycles. The van der Waals surface area contributed by atoms with Crippen molar-refractivity contribution in [3.05, 3.63) is 17.8 Å². The lowest BCUT2D eigenvalue weighted by atomic mass is 10.3. The molecule has 2 fully saturated rings. The average molecular weight is 292 g/mol. The number of urea groups is 1. The normalized spacial score (nSPS) is 22.4. The number of hydrogen-bond acceptors (Lipinski definition) is 5. The molecular formula is C14H20N4O3. The molecule has 1 atom stereocenters. The molecule has 1 aromatic heterocycles. The first-order chi connectivity index (χ1) is 10.2. The van der Waals surface area contributed by atoms with Crippen molar-refractivity contribution in [2.24, 2.45) is 0 Å². The van der Waals surface area contributed by atoms with Gasteiger partial charge in [0, 0.05) is 32.1 Å². The number of ether oxygens (including phenoxy) is 2. The van der Waals surface area contributed by atoms with Gasteiger partial charge in [-0.25, -0.2) is 4.79 Å². The number of likely N-dealkylation sites (tertiary alicyclic amines) is 1. The standard InChI is InChI=1S/C14H20N4O3/c1-11-2-3-13(16-15-11)21-12-4-5-18(10-12)14(19)17-6-8-20-9-7-17/h2-3,12H,4-10H2,1H3. The van der Waals surface area contributed by atoms with Gasteiger partial charge in [-0.2, -0.15) is 5.10 Å². The van der Waals surface area contributed by atoms with Gasteiger partial charge in [-0.15, -0.1) is 5.10 Å². The maximum atomic E-state index is 12.4. The summed E-state index contributed by atoms with van der Waals surface area (Å²) in [5, 5.41) is 7.97. The van der Waals surface area contributed by atoms with E-state index in [4.69, 9.17) is 9.47 Å². The molecular weight excluding hydrogens is 272 g/mol. The van der Waals surface area contributed by atoms with Crippen LogP contribution in [-0.2, 0) is 4.74 Å². The Morgan fingerprint density at radius 2 is 2.05 bits per heavy atom. The summed E-state index contributed by atoms with van der Waals surface area (Å²) >= 11 is 0.